The molecular weight excluding hydrogens is 352 g/mol. The summed E-state index contributed by atoms with van der Waals surface area (Å²) in [5.41, 5.74) is -0.675. The third-order valence-corrected chi connectivity index (χ3v) is 6.46. The number of ether oxygens (including phenoxy) is 4. The Hall–Kier alpha value is -0.570. The molecule has 2 unspecified atom stereocenters. The molecule has 2 aliphatic carbocycles. The number of hydrogen-bond acceptors (Lipinski definition) is 7. The van der Waals surface area contributed by atoms with Gasteiger partial charge in [0.15, 0.2) is 11.6 Å². The van der Waals surface area contributed by atoms with Gasteiger partial charge in [-0.1, -0.05) is 13.8 Å². The summed E-state index contributed by atoms with van der Waals surface area (Å²) in [6.45, 7) is 6.61. The highest BCUT2D eigenvalue weighted by molar-refractivity contribution is 5.85. The van der Waals surface area contributed by atoms with E-state index in [9.17, 15) is 15.0 Å². The van der Waals surface area contributed by atoms with E-state index in [2.05, 4.69) is 6.92 Å². The molecule has 2 saturated heterocycles. The van der Waals surface area contributed by atoms with Crippen molar-refractivity contribution < 1.29 is 34.0 Å². The van der Waals surface area contributed by atoms with Gasteiger partial charge in [-0.05, 0) is 18.3 Å². The molecule has 2 aliphatic heterocycles. The maximum absolute atomic E-state index is 11.6. The van der Waals surface area contributed by atoms with Crippen molar-refractivity contribution in [2.45, 2.75) is 70.4 Å². The number of carbonyl (C=O) groups is 1. The normalized spacial score (nSPS) is 37.4. The molecule has 0 aromatic rings. The molecule has 156 valence electrons. The van der Waals surface area contributed by atoms with E-state index in [0.717, 1.165) is 25.7 Å². The summed E-state index contributed by atoms with van der Waals surface area (Å²) >= 11 is 0. The van der Waals surface area contributed by atoms with Gasteiger partial charge in [0.1, 0.15) is 5.78 Å². The maximum atomic E-state index is 11.6. The molecule has 7 nitrogen and oxygen atoms in total. The predicted molar refractivity (Wildman–Crippen MR) is 97.0 cm³/mol. The Bertz CT molecular complexity index is 524. The van der Waals surface area contributed by atoms with Crippen molar-refractivity contribution in [2.24, 2.45) is 10.8 Å². The number of carbonyl (C=O) groups excluding carboxylic acids is 1. The van der Waals surface area contributed by atoms with Crippen LogP contribution in [-0.2, 0) is 23.7 Å². The van der Waals surface area contributed by atoms with E-state index in [-0.39, 0.29) is 30.2 Å². The molecule has 2 atom stereocenters. The highest BCUT2D eigenvalue weighted by Crippen LogP contribution is 2.45. The van der Waals surface area contributed by atoms with E-state index in [1.165, 1.54) is 0 Å². The van der Waals surface area contributed by atoms with E-state index in [0.29, 0.717) is 45.7 Å². The quantitative estimate of drug-likeness (QED) is 0.747. The summed E-state index contributed by atoms with van der Waals surface area (Å²) in [7, 11) is 0. The van der Waals surface area contributed by atoms with Gasteiger partial charge >= 0.3 is 0 Å². The Morgan fingerprint density at radius 1 is 0.815 bits per heavy atom. The lowest BCUT2D eigenvalue weighted by Gasteiger charge is -2.41. The van der Waals surface area contributed by atoms with Crippen LogP contribution < -0.4 is 0 Å². The molecule has 0 radical (unpaired) electrons. The van der Waals surface area contributed by atoms with Gasteiger partial charge in [-0.15, -0.1) is 0 Å². The third-order valence-electron chi connectivity index (χ3n) is 6.46. The first-order valence-electron chi connectivity index (χ1n) is 10.1. The van der Waals surface area contributed by atoms with Gasteiger partial charge in [0, 0.05) is 38.7 Å². The van der Waals surface area contributed by atoms with Crippen LogP contribution in [0, 0.1) is 10.8 Å². The van der Waals surface area contributed by atoms with Crippen molar-refractivity contribution >= 4 is 5.78 Å². The van der Waals surface area contributed by atoms with Crippen LogP contribution in [0.3, 0.4) is 0 Å². The smallest absolute Gasteiger partial charge is 0.169 e. The zero-order valence-corrected chi connectivity index (χ0v) is 16.6. The first kappa shape index (κ1) is 21.1. The third kappa shape index (κ3) is 4.54. The average Bonchev–Trinajstić information content (AvgIpc) is 3.29. The van der Waals surface area contributed by atoms with Crippen molar-refractivity contribution in [1.29, 1.82) is 0 Å². The van der Waals surface area contributed by atoms with Gasteiger partial charge in [0.05, 0.1) is 38.4 Å². The Morgan fingerprint density at radius 3 is 1.89 bits per heavy atom. The molecule has 7 heteroatoms. The van der Waals surface area contributed by atoms with Crippen LogP contribution in [0.2, 0.25) is 0 Å². The van der Waals surface area contributed by atoms with Gasteiger partial charge in [-0.3, -0.25) is 4.79 Å². The summed E-state index contributed by atoms with van der Waals surface area (Å²) in [6, 6.07) is 0. The van der Waals surface area contributed by atoms with E-state index < -0.39 is 11.2 Å². The number of aliphatic hydroxyl groups is 2. The van der Waals surface area contributed by atoms with Gasteiger partial charge in [-0.2, -0.15) is 0 Å². The number of hydrogen-bond donors (Lipinski definition) is 2. The number of aliphatic hydroxyl groups excluding tert-OH is 2. The first-order chi connectivity index (χ1) is 12.8. The van der Waals surface area contributed by atoms with Crippen LogP contribution in [0.1, 0.15) is 58.8 Å². The fourth-order valence-corrected chi connectivity index (χ4v) is 4.76. The summed E-state index contributed by atoms with van der Waals surface area (Å²) < 4.78 is 22.4. The minimum Gasteiger partial charge on any atom is -0.396 e. The second-order valence-electron chi connectivity index (χ2n) is 9.03. The SMILES string of the molecule is CC1(CO)CC2(CCC1=O)OCCO2.CC1(CO)CCCC2(C1)OCCO2. The minimum absolute atomic E-state index is 0.00257. The number of ketones is 1. The fraction of sp³-hybridized carbons (Fsp3) is 0.950. The van der Waals surface area contributed by atoms with E-state index in [1.54, 1.807) is 6.92 Å². The van der Waals surface area contributed by atoms with Crippen molar-refractivity contribution in [3.05, 3.63) is 0 Å². The van der Waals surface area contributed by atoms with Crippen molar-refractivity contribution in [3.63, 3.8) is 0 Å². The molecule has 2 N–H and O–H groups in total. The standard InChI is InChI=1S/C10H16O4.C10H18O3/c1-9(7-11)6-10(3-2-8(9)12)13-4-5-14-10;1-9(8-11)3-2-4-10(7-9)12-5-6-13-10/h11H,2-7H2,1H3;11H,2-8H2,1H3. The largest absolute Gasteiger partial charge is 0.396 e. The summed E-state index contributed by atoms with van der Waals surface area (Å²) in [5.74, 6) is -0.828. The molecule has 4 aliphatic rings. The van der Waals surface area contributed by atoms with Crippen LogP contribution >= 0.6 is 0 Å². The van der Waals surface area contributed by atoms with Crippen molar-refractivity contribution in [3.8, 4) is 0 Å². The van der Waals surface area contributed by atoms with Crippen LogP contribution in [0.4, 0.5) is 0 Å². The molecule has 0 aromatic carbocycles. The highest BCUT2D eigenvalue weighted by Gasteiger charge is 2.50. The molecule has 0 aromatic heterocycles. The monoisotopic (exact) mass is 386 g/mol. The minimum atomic E-state index is -0.678. The molecule has 2 heterocycles. The Kier molecular flexibility index (Phi) is 6.30. The zero-order valence-electron chi connectivity index (χ0n) is 16.6. The van der Waals surface area contributed by atoms with Crippen molar-refractivity contribution in [2.75, 3.05) is 39.6 Å². The molecule has 2 spiro atoms. The Balaban J connectivity index is 0.000000156. The topological polar surface area (TPSA) is 94.5 Å². The maximum Gasteiger partial charge on any atom is 0.169 e. The Morgan fingerprint density at radius 2 is 1.37 bits per heavy atom. The zero-order chi connectivity index (χ0) is 19.6. The summed E-state index contributed by atoms with van der Waals surface area (Å²) in [4.78, 5) is 11.6. The predicted octanol–water partition coefficient (Wildman–Crippen LogP) is 1.78. The molecular formula is C20H34O7. The molecule has 4 fully saturated rings. The van der Waals surface area contributed by atoms with Crippen LogP contribution in [0.5, 0.6) is 0 Å². The second kappa shape index (κ2) is 8.05. The van der Waals surface area contributed by atoms with Crippen LogP contribution in [0.25, 0.3) is 0 Å². The van der Waals surface area contributed by atoms with Gasteiger partial charge in [0.25, 0.3) is 0 Å². The van der Waals surface area contributed by atoms with E-state index >= 15 is 0 Å². The number of Topliss-reactive ketones (excluding diaryl/α,β-unsaturated/α-hetero) is 1. The number of rotatable bonds is 2. The highest BCUT2D eigenvalue weighted by atomic mass is 16.7. The summed E-state index contributed by atoms with van der Waals surface area (Å²) in [5, 5.41) is 18.5. The van der Waals surface area contributed by atoms with E-state index in [4.69, 9.17) is 18.9 Å². The second-order valence-corrected chi connectivity index (χ2v) is 9.03. The van der Waals surface area contributed by atoms with Gasteiger partial charge < -0.3 is 29.2 Å². The lowest BCUT2D eigenvalue weighted by atomic mass is 9.72. The molecule has 0 amide bonds. The molecule has 4 rings (SSSR count). The lowest BCUT2D eigenvalue weighted by Crippen LogP contribution is -2.48. The average molecular weight is 386 g/mol. The molecule has 27 heavy (non-hydrogen) atoms. The fourth-order valence-electron chi connectivity index (χ4n) is 4.76. The van der Waals surface area contributed by atoms with Crippen LogP contribution in [0.15, 0.2) is 0 Å². The van der Waals surface area contributed by atoms with Gasteiger partial charge in [-0.25, -0.2) is 0 Å². The van der Waals surface area contributed by atoms with Crippen LogP contribution in [-0.4, -0.2) is 67.2 Å². The first-order valence-corrected chi connectivity index (χ1v) is 10.1. The van der Waals surface area contributed by atoms with E-state index in [1.807, 2.05) is 0 Å². The summed E-state index contributed by atoms with van der Waals surface area (Å²) in [6.07, 6.45) is 5.56. The Labute approximate surface area is 161 Å². The molecule has 0 bridgehead atoms. The van der Waals surface area contributed by atoms with Gasteiger partial charge in [0.2, 0.25) is 0 Å². The lowest BCUT2D eigenvalue weighted by molar-refractivity contribution is -0.204. The van der Waals surface area contributed by atoms with Crippen molar-refractivity contribution in [1.82, 2.24) is 0 Å². The molecule has 2 saturated carbocycles.